The Morgan fingerprint density at radius 2 is 1.77 bits per heavy atom. The number of hydrogen-bond acceptors (Lipinski definition) is 5. The molecule has 0 aliphatic carbocycles. The number of aryl methyl sites for hydroxylation is 1. The van der Waals surface area contributed by atoms with E-state index in [1.54, 1.807) is 18.3 Å². The monoisotopic (exact) mass is 361 g/mol. The van der Waals surface area contributed by atoms with Gasteiger partial charge in [-0.3, -0.25) is 9.59 Å². The van der Waals surface area contributed by atoms with Gasteiger partial charge < -0.3 is 24.3 Å². The van der Waals surface area contributed by atoms with E-state index in [2.05, 4.69) is 10.2 Å². The minimum absolute atomic E-state index is 0.160. The zero-order valence-corrected chi connectivity index (χ0v) is 16.1. The number of carbonyl (C=O) groups excluding carboxylic acids is 1. The van der Waals surface area contributed by atoms with Gasteiger partial charge in [0.2, 0.25) is 0 Å². The Kier molecular flexibility index (Phi) is 6.63. The van der Waals surface area contributed by atoms with Crippen LogP contribution in [0.1, 0.15) is 23.7 Å². The fraction of sp³-hybridized carbons (Fsp3) is 0.474. The lowest BCUT2D eigenvalue weighted by molar-refractivity contribution is 0.0953. The summed E-state index contributed by atoms with van der Waals surface area (Å²) >= 11 is 0. The number of rotatable bonds is 8. The summed E-state index contributed by atoms with van der Waals surface area (Å²) in [5.74, 6) is 0.738. The molecule has 1 amide bonds. The normalized spacial score (nSPS) is 11.0. The minimum atomic E-state index is -0.205. The van der Waals surface area contributed by atoms with Gasteiger partial charge in [0.15, 0.2) is 11.5 Å². The van der Waals surface area contributed by atoms with Crippen molar-refractivity contribution in [3.8, 4) is 11.5 Å². The molecule has 0 spiro atoms. The molecular weight excluding hydrogens is 334 g/mol. The average molecular weight is 361 g/mol. The number of benzene rings is 1. The third-order valence-corrected chi connectivity index (χ3v) is 4.24. The molecule has 1 aromatic carbocycles. The number of nitrogens with zero attached hydrogens (tertiary/aromatic N) is 2. The molecule has 0 bridgehead atoms. The number of amides is 1. The smallest absolute Gasteiger partial charge is 0.258 e. The Morgan fingerprint density at radius 3 is 2.31 bits per heavy atom. The lowest BCUT2D eigenvalue weighted by atomic mass is 10.1. The zero-order valence-electron chi connectivity index (χ0n) is 16.1. The number of nitrogens with one attached hydrogen (secondary N) is 1. The topological polar surface area (TPSA) is 72.8 Å². The fourth-order valence-corrected chi connectivity index (χ4v) is 2.83. The third kappa shape index (κ3) is 4.16. The van der Waals surface area contributed by atoms with Gasteiger partial charge in [-0.15, -0.1) is 0 Å². The molecule has 0 unspecified atom stereocenters. The molecule has 7 heteroatoms. The van der Waals surface area contributed by atoms with E-state index in [0.717, 1.165) is 13.0 Å². The van der Waals surface area contributed by atoms with Gasteiger partial charge in [-0.1, -0.05) is 0 Å². The summed E-state index contributed by atoms with van der Waals surface area (Å²) in [7, 11) is 7.03. The summed E-state index contributed by atoms with van der Waals surface area (Å²) in [5, 5.41) is 3.92. The standard InChI is InChI=1S/C19H27N3O4/c1-6-22-12-15(18(23)20-8-7-9-21(2)3)13-10-16(25-4)17(26-5)11-14(13)19(22)24/h10-12H,6-9H2,1-5H3,(H,20,23). The number of methoxy groups -OCH3 is 2. The molecule has 0 saturated heterocycles. The van der Waals surface area contributed by atoms with Crippen LogP contribution in [0.4, 0.5) is 0 Å². The molecule has 2 rings (SSSR count). The number of ether oxygens (including phenoxy) is 2. The van der Waals surface area contributed by atoms with Crippen molar-refractivity contribution in [3.63, 3.8) is 0 Å². The molecule has 0 aliphatic heterocycles. The first-order chi connectivity index (χ1) is 12.4. The molecule has 1 aromatic heterocycles. The van der Waals surface area contributed by atoms with Gasteiger partial charge in [0.1, 0.15) is 0 Å². The number of aromatic nitrogens is 1. The first kappa shape index (κ1) is 19.8. The fourth-order valence-electron chi connectivity index (χ4n) is 2.83. The van der Waals surface area contributed by atoms with Crippen LogP contribution in [0.2, 0.25) is 0 Å². The van der Waals surface area contributed by atoms with Gasteiger partial charge in [-0.25, -0.2) is 0 Å². The average Bonchev–Trinajstić information content (AvgIpc) is 2.64. The second-order valence-corrected chi connectivity index (χ2v) is 6.30. The molecule has 0 radical (unpaired) electrons. The molecule has 0 fully saturated rings. The predicted molar refractivity (Wildman–Crippen MR) is 102 cm³/mol. The maximum absolute atomic E-state index is 12.7. The maximum Gasteiger partial charge on any atom is 0.258 e. The van der Waals surface area contributed by atoms with Crippen LogP contribution in [0.15, 0.2) is 23.1 Å². The predicted octanol–water partition coefficient (Wildman–Crippen LogP) is 1.72. The molecule has 0 atom stereocenters. The van der Waals surface area contributed by atoms with Crippen LogP contribution in [-0.2, 0) is 6.54 Å². The highest BCUT2D eigenvalue weighted by molar-refractivity contribution is 6.07. The van der Waals surface area contributed by atoms with Crippen molar-refractivity contribution >= 4 is 16.7 Å². The number of pyridine rings is 1. The highest BCUT2D eigenvalue weighted by Gasteiger charge is 2.17. The van der Waals surface area contributed by atoms with Crippen molar-refractivity contribution in [2.45, 2.75) is 19.9 Å². The highest BCUT2D eigenvalue weighted by Crippen LogP contribution is 2.32. The lowest BCUT2D eigenvalue weighted by Gasteiger charge is -2.15. The number of hydrogen-bond donors (Lipinski definition) is 1. The van der Waals surface area contributed by atoms with E-state index in [0.29, 0.717) is 40.9 Å². The minimum Gasteiger partial charge on any atom is -0.493 e. The van der Waals surface area contributed by atoms with Crippen molar-refractivity contribution in [2.75, 3.05) is 41.4 Å². The first-order valence-corrected chi connectivity index (χ1v) is 8.65. The van der Waals surface area contributed by atoms with Gasteiger partial charge in [-0.2, -0.15) is 0 Å². The second kappa shape index (κ2) is 8.71. The number of fused-ring (bicyclic) bond motifs is 1. The van der Waals surface area contributed by atoms with Crippen LogP contribution in [0.5, 0.6) is 11.5 Å². The van der Waals surface area contributed by atoms with Crippen molar-refractivity contribution in [1.29, 1.82) is 0 Å². The summed E-state index contributed by atoms with van der Waals surface area (Å²) in [6.07, 6.45) is 2.46. The Morgan fingerprint density at radius 1 is 1.15 bits per heavy atom. The summed E-state index contributed by atoms with van der Waals surface area (Å²) in [5.41, 5.74) is 0.292. The van der Waals surface area contributed by atoms with Crippen molar-refractivity contribution in [3.05, 3.63) is 34.2 Å². The van der Waals surface area contributed by atoms with E-state index in [-0.39, 0.29) is 11.5 Å². The van der Waals surface area contributed by atoms with E-state index >= 15 is 0 Å². The van der Waals surface area contributed by atoms with Crippen LogP contribution >= 0.6 is 0 Å². The third-order valence-electron chi connectivity index (χ3n) is 4.24. The maximum atomic E-state index is 12.7. The van der Waals surface area contributed by atoms with Crippen LogP contribution in [0.25, 0.3) is 10.8 Å². The van der Waals surface area contributed by atoms with Crippen LogP contribution in [0, 0.1) is 0 Å². The van der Waals surface area contributed by atoms with Crippen LogP contribution in [0.3, 0.4) is 0 Å². The van der Waals surface area contributed by atoms with Crippen molar-refractivity contribution in [2.24, 2.45) is 0 Å². The summed E-state index contributed by atoms with van der Waals surface area (Å²) in [6.45, 7) is 3.80. The first-order valence-electron chi connectivity index (χ1n) is 8.65. The summed E-state index contributed by atoms with van der Waals surface area (Å²) in [4.78, 5) is 27.5. The largest absolute Gasteiger partial charge is 0.493 e. The van der Waals surface area contributed by atoms with Gasteiger partial charge in [-0.05, 0) is 46.1 Å². The Labute approximate surface area is 153 Å². The van der Waals surface area contributed by atoms with E-state index in [4.69, 9.17) is 9.47 Å². The van der Waals surface area contributed by atoms with E-state index in [9.17, 15) is 9.59 Å². The van der Waals surface area contributed by atoms with E-state index < -0.39 is 0 Å². The molecule has 1 N–H and O–H groups in total. The second-order valence-electron chi connectivity index (χ2n) is 6.30. The van der Waals surface area contributed by atoms with Gasteiger partial charge in [0, 0.05) is 24.7 Å². The van der Waals surface area contributed by atoms with E-state index in [1.165, 1.54) is 18.8 Å². The van der Waals surface area contributed by atoms with Gasteiger partial charge in [0.05, 0.1) is 25.2 Å². The number of carbonyl (C=O) groups is 1. The zero-order chi connectivity index (χ0) is 19.3. The summed E-state index contributed by atoms with van der Waals surface area (Å²) in [6, 6.07) is 3.32. The van der Waals surface area contributed by atoms with E-state index in [1.807, 2.05) is 21.0 Å². The quantitative estimate of drug-likeness (QED) is 0.725. The molecule has 1 heterocycles. The molecule has 7 nitrogen and oxygen atoms in total. The highest BCUT2D eigenvalue weighted by atomic mass is 16.5. The Hall–Kier alpha value is -2.54. The SMILES string of the molecule is CCn1cc(C(=O)NCCCN(C)C)c2cc(OC)c(OC)cc2c1=O. The Balaban J connectivity index is 2.48. The molecule has 2 aromatic rings. The molecule has 0 saturated carbocycles. The molecule has 0 aliphatic rings. The van der Waals surface area contributed by atoms with Crippen LogP contribution in [-0.4, -0.2) is 56.8 Å². The molecular formula is C19H27N3O4. The molecule has 142 valence electrons. The van der Waals surface area contributed by atoms with Gasteiger partial charge >= 0.3 is 0 Å². The van der Waals surface area contributed by atoms with Crippen molar-refractivity contribution in [1.82, 2.24) is 14.8 Å². The Bertz CT molecular complexity index is 843. The van der Waals surface area contributed by atoms with Gasteiger partial charge in [0.25, 0.3) is 11.5 Å². The molecule has 26 heavy (non-hydrogen) atoms. The van der Waals surface area contributed by atoms with Crippen molar-refractivity contribution < 1.29 is 14.3 Å². The lowest BCUT2D eigenvalue weighted by Crippen LogP contribution is -2.29. The van der Waals surface area contributed by atoms with Crippen LogP contribution < -0.4 is 20.3 Å². The summed E-state index contributed by atoms with van der Waals surface area (Å²) < 4.78 is 12.2.